The van der Waals surface area contributed by atoms with E-state index < -0.39 is 0 Å². The molecule has 2 aromatic carbocycles. The van der Waals surface area contributed by atoms with Crippen molar-refractivity contribution >= 4 is 45.9 Å². The minimum Gasteiger partial charge on any atom is -0.326 e. The fraction of sp³-hybridized carbons (Fsp3) is 0.190. The highest BCUT2D eigenvalue weighted by Gasteiger charge is 2.08. The number of anilines is 2. The highest BCUT2D eigenvalue weighted by molar-refractivity contribution is 8.00. The van der Waals surface area contributed by atoms with E-state index in [4.69, 9.17) is 0 Å². The molecule has 0 fully saturated rings. The highest BCUT2D eigenvalue weighted by atomic mass is 32.2. The molecule has 27 heavy (non-hydrogen) atoms. The van der Waals surface area contributed by atoms with Crippen LogP contribution < -0.4 is 10.6 Å². The third kappa shape index (κ3) is 5.08. The standard InChI is InChI=1S/C21H21N3O2S/c1-3-19(25)22-16-8-10-17(11-9-16)23-20(26)13-27-21-14(2)12-15-6-4-5-7-18(15)24-21/h4-12H,3,13H2,1-2H3,(H,22,25)(H,23,26). The number of carbonyl (C=O) groups is 2. The summed E-state index contributed by atoms with van der Waals surface area (Å²) in [6.07, 6.45) is 0.429. The molecule has 0 saturated carbocycles. The number of pyridine rings is 1. The van der Waals surface area contributed by atoms with Crippen LogP contribution in [0.1, 0.15) is 18.9 Å². The Morgan fingerprint density at radius 1 is 0.963 bits per heavy atom. The third-order valence-corrected chi connectivity index (χ3v) is 5.07. The molecule has 6 heteroatoms. The van der Waals surface area contributed by atoms with E-state index in [1.165, 1.54) is 11.8 Å². The number of aryl methyl sites for hydroxylation is 1. The van der Waals surface area contributed by atoms with Crippen LogP contribution in [0.2, 0.25) is 0 Å². The van der Waals surface area contributed by atoms with Gasteiger partial charge in [0, 0.05) is 23.2 Å². The molecule has 2 amide bonds. The topological polar surface area (TPSA) is 71.1 Å². The van der Waals surface area contributed by atoms with Crippen molar-refractivity contribution in [3.8, 4) is 0 Å². The maximum atomic E-state index is 12.2. The van der Waals surface area contributed by atoms with Crippen molar-refractivity contribution in [3.63, 3.8) is 0 Å². The van der Waals surface area contributed by atoms with Gasteiger partial charge in [-0.25, -0.2) is 4.98 Å². The van der Waals surface area contributed by atoms with Crippen molar-refractivity contribution < 1.29 is 9.59 Å². The summed E-state index contributed by atoms with van der Waals surface area (Å²) in [5.74, 6) is 0.140. The average Bonchev–Trinajstić information content (AvgIpc) is 2.67. The van der Waals surface area contributed by atoms with Gasteiger partial charge in [-0.1, -0.05) is 36.9 Å². The Kier molecular flexibility index (Phi) is 6.08. The van der Waals surface area contributed by atoms with E-state index in [-0.39, 0.29) is 17.6 Å². The second kappa shape index (κ2) is 8.68. The van der Waals surface area contributed by atoms with Crippen molar-refractivity contribution in [1.82, 2.24) is 4.98 Å². The molecular formula is C21H21N3O2S. The van der Waals surface area contributed by atoms with E-state index >= 15 is 0 Å². The van der Waals surface area contributed by atoms with Gasteiger partial charge in [0.25, 0.3) is 0 Å². The predicted molar refractivity (Wildman–Crippen MR) is 111 cm³/mol. The molecule has 0 unspecified atom stereocenters. The Morgan fingerprint density at radius 3 is 2.26 bits per heavy atom. The first kappa shape index (κ1) is 18.9. The smallest absolute Gasteiger partial charge is 0.234 e. The SMILES string of the molecule is CCC(=O)Nc1ccc(NC(=O)CSc2nc3ccccc3cc2C)cc1. The van der Waals surface area contributed by atoms with Crippen LogP contribution in [-0.2, 0) is 9.59 Å². The first-order valence-electron chi connectivity index (χ1n) is 8.74. The Hall–Kier alpha value is -2.86. The monoisotopic (exact) mass is 379 g/mol. The average molecular weight is 379 g/mol. The predicted octanol–water partition coefficient (Wildman–Crippen LogP) is 4.62. The van der Waals surface area contributed by atoms with Gasteiger partial charge in [0.15, 0.2) is 0 Å². The van der Waals surface area contributed by atoms with Crippen molar-refractivity contribution in [2.75, 3.05) is 16.4 Å². The van der Waals surface area contributed by atoms with E-state index in [1.54, 1.807) is 31.2 Å². The molecule has 0 aliphatic carbocycles. The molecule has 0 aliphatic heterocycles. The second-order valence-corrected chi connectivity index (χ2v) is 7.08. The van der Waals surface area contributed by atoms with E-state index in [9.17, 15) is 9.59 Å². The fourth-order valence-electron chi connectivity index (χ4n) is 2.57. The van der Waals surface area contributed by atoms with E-state index in [2.05, 4.69) is 21.7 Å². The molecule has 0 atom stereocenters. The van der Waals surface area contributed by atoms with E-state index in [0.29, 0.717) is 17.8 Å². The van der Waals surface area contributed by atoms with Crippen LogP contribution in [0.25, 0.3) is 10.9 Å². The Morgan fingerprint density at radius 2 is 1.59 bits per heavy atom. The van der Waals surface area contributed by atoms with Gasteiger partial charge in [-0.3, -0.25) is 9.59 Å². The summed E-state index contributed by atoms with van der Waals surface area (Å²) in [6.45, 7) is 3.80. The molecule has 0 saturated heterocycles. The van der Waals surface area contributed by atoms with Crippen LogP contribution in [-0.4, -0.2) is 22.6 Å². The summed E-state index contributed by atoms with van der Waals surface area (Å²) in [4.78, 5) is 28.3. The van der Waals surface area contributed by atoms with Gasteiger partial charge in [0.05, 0.1) is 11.3 Å². The lowest BCUT2D eigenvalue weighted by molar-refractivity contribution is -0.116. The summed E-state index contributed by atoms with van der Waals surface area (Å²) in [5, 5.41) is 7.60. The lowest BCUT2D eigenvalue weighted by Gasteiger charge is -2.09. The van der Waals surface area contributed by atoms with Gasteiger partial charge in [-0.2, -0.15) is 0 Å². The Bertz CT molecular complexity index is 971. The van der Waals surface area contributed by atoms with Crippen molar-refractivity contribution in [2.45, 2.75) is 25.3 Å². The number of nitrogens with one attached hydrogen (secondary N) is 2. The lowest BCUT2D eigenvalue weighted by atomic mass is 10.2. The summed E-state index contributed by atoms with van der Waals surface area (Å²) < 4.78 is 0. The molecule has 0 bridgehead atoms. The number of hydrogen-bond donors (Lipinski definition) is 2. The van der Waals surface area contributed by atoms with Crippen LogP contribution >= 0.6 is 11.8 Å². The van der Waals surface area contributed by atoms with Gasteiger partial charge < -0.3 is 10.6 Å². The number of fused-ring (bicyclic) bond motifs is 1. The maximum Gasteiger partial charge on any atom is 0.234 e. The normalized spacial score (nSPS) is 10.6. The molecule has 2 N–H and O–H groups in total. The van der Waals surface area contributed by atoms with Gasteiger partial charge in [-0.15, -0.1) is 0 Å². The second-order valence-electron chi connectivity index (χ2n) is 6.12. The largest absolute Gasteiger partial charge is 0.326 e. The van der Waals surface area contributed by atoms with Crippen molar-refractivity contribution in [3.05, 3.63) is 60.2 Å². The summed E-state index contributed by atoms with van der Waals surface area (Å²) in [7, 11) is 0. The number of amides is 2. The fourth-order valence-corrected chi connectivity index (χ4v) is 3.36. The number of rotatable bonds is 6. The molecule has 0 radical (unpaired) electrons. The molecule has 1 aromatic heterocycles. The van der Waals surface area contributed by atoms with Crippen molar-refractivity contribution in [2.24, 2.45) is 0 Å². The molecule has 3 aromatic rings. The highest BCUT2D eigenvalue weighted by Crippen LogP contribution is 2.24. The Balaban J connectivity index is 1.58. The maximum absolute atomic E-state index is 12.2. The van der Waals surface area contributed by atoms with Crippen LogP contribution in [0.5, 0.6) is 0 Å². The molecule has 5 nitrogen and oxygen atoms in total. The number of aromatic nitrogens is 1. The zero-order chi connectivity index (χ0) is 19.2. The molecular weight excluding hydrogens is 358 g/mol. The van der Waals surface area contributed by atoms with Crippen molar-refractivity contribution in [1.29, 1.82) is 0 Å². The van der Waals surface area contributed by atoms with Gasteiger partial charge >= 0.3 is 0 Å². The first-order valence-corrected chi connectivity index (χ1v) is 9.72. The van der Waals surface area contributed by atoms with Crippen LogP contribution in [0.4, 0.5) is 11.4 Å². The van der Waals surface area contributed by atoms with E-state index in [0.717, 1.165) is 21.5 Å². The summed E-state index contributed by atoms with van der Waals surface area (Å²) in [6, 6.07) is 17.1. The number of hydrogen-bond acceptors (Lipinski definition) is 4. The minimum absolute atomic E-state index is 0.0403. The molecule has 0 aliphatic rings. The molecule has 138 valence electrons. The van der Waals surface area contributed by atoms with Gasteiger partial charge in [0.1, 0.15) is 5.03 Å². The molecule has 3 rings (SSSR count). The number of thioether (sulfide) groups is 1. The molecule has 1 heterocycles. The van der Waals surface area contributed by atoms with Crippen LogP contribution in [0.3, 0.4) is 0 Å². The summed E-state index contributed by atoms with van der Waals surface area (Å²) >= 11 is 1.42. The quantitative estimate of drug-likeness (QED) is 0.613. The molecule has 0 spiro atoms. The Labute approximate surface area is 162 Å². The minimum atomic E-state index is -0.0975. The van der Waals surface area contributed by atoms with Crippen LogP contribution in [0, 0.1) is 6.92 Å². The van der Waals surface area contributed by atoms with Gasteiger partial charge in [0.2, 0.25) is 11.8 Å². The first-order chi connectivity index (χ1) is 13.0. The number of benzene rings is 2. The van der Waals surface area contributed by atoms with E-state index in [1.807, 2.05) is 31.2 Å². The zero-order valence-corrected chi connectivity index (χ0v) is 16.1. The number of nitrogens with zero attached hydrogens (tertiary/aromatic N) is 1. The lowest BCUT2D eigenvalue weighted by Crippen LogP contribution is -2.14. The number of para-hydroxylation sites is 1. The van der Waals surface area contributed by atoms with Gasteiger partial charge in [-0.05, 0) is 48.9 Å². The number of carbonyl (C=O) groups excluding carboxylic acids is 2. The summed E-state index contributed by atoms with van der Waals surface area (Å²) in [5.41, 5.74) is 3.39. The van der Waals surface area contributed by atoms with Crippen LogP contribution in [0.15, 0.2) is 59.6 Å². The third-order valence-electron chi connectivity index (χ3n) is 3.98. The zero-order valence-electron chi connectivity index (χ0n) is 15.3.